The van der Waals surface area contributed by atoms with E-state index in [2.05, 4.69) is 6.07 Å². The summed E-state index contributed by atoms with van der Waals surface area (Å²) >= 11 is 0. The summed E-state index contributed by atoms with van der Waals surface area (Å²) < 4.78 is 0. The van der Waals surface area contributed by atoms with Gasteiger partial charge < -0.3 is 5.73 Å². The van der Waals surface area contributed by atoms with E-state index < -0.39 is 0 Å². The Morgan fingerprint density at radius 1 is 1.05 bits per heavy atom. The van der Waals surface area contributed by atoms with Crippen LogP contribution in [0.25, 0.3) is 0 Å². The molecule has 0 aromatic rings. The molecule has 2 rings (SSSR count). The molecule has 0 amide bonds. The van der Waals surface area contributed by atoms with Crippen LogP contribution in [-0.2, 0) is 4.79 Å². The number of hydrogen-bond acceptors (Lipinski definition) is 3. The molecular weight excluding hydrogens is 236 g/mol. The number of rotatable bonds is 3. The van der Waals surface area contributed by atoms with Crippen LogP contribution in [-0.4, -0.2) is 11.8 Å². The SMILES string of the molecule is N#CC(=CC1CCC(N)CC1)C(=O)C1CCCCC1. The van der Waals surface area contributed by atoms with Crippen molar-refractivity contribution in [2.45, 2.75) is 63.8 Å². The van der Waals surface area contributed by atoms with Crippen molar-refractivity contribution in [1.82, 2.24) is 0 Å². The molecule has 0 spiro atoms. The minimum Gasteiger partial charge on any atom is -0.328 e. The van der Waals surface area contributed by atoms with Gasteiger partial charge in [-0.25, -0.2) is 0 Å². The van der Waals surface area contributed by atoms with Crippen molar-refractivity contribution in [2.24, 2.45) is 17.6 Å². The molecule has 0 saturated heterocycles. The molecule has 0 aromatic carbocycles. The summed E-state index contributed by atoms with van der Waals surface area (Å²) in [5.41, 5.74) is 6.29. The summed E-state index contributed by atoms with van der Waals surface area (Å²) in [5.74, 6) is 0.574. The number of allylic oxidation sites excluding steroid dienone is 2. The van der Waals surface area contributed by atoms with Crippen LogP contribution in [0.15, 0.2) is 11.6 Å². The Morgan fingerprint density at radius 2 is 1.68 bits per heavy atom. The Morgan fingerprint density at radius 3 is 2.26 bits per heavy atom. The monoisotopic (exact) mass is 260 g/mol. The van der Waals surface area contributed by atoms with Crippen LogP contribution < -0.4 is 5.73 Å². The molecule has 2 fully saturated rings. The van der Waals surface area contributed by atoms with Crippen LogP contribution in [0.1, 0.15) is 57.8 Å². The lowest BCUT2D eigenvalue weighted by Gasteiger charge is -2.24. The number of ketones is 1. The number of hydrogen-bond donors (Lipinski definition) is 1. The normalized spacial score (nSPS) is 29.8. The number of carbonyl (C=O) groups excluding carboxylic acids is 1. The van der Waals surface area contributed by atoms with Crippen molar-refractivity contribution in [3.63, 3.8) is 0 Å². The predicted molar refractivity (Wildman–Crippen MR) is 75.2 cm³/mol. The van der Waals surface area contributed by atoms with Crippen molar-refractivity contribution in [1.29, 1.82) is 5.26 Å². The summed E-state index contributed by atoms with van der Waals surface area (Å²) in [7, 11) is 0. The van der Waals surface area contributed by atoms with Gasteiger partial charge in [0, 0.05) is 12.0 Å². The van der Waals surface area contributed by atoms with Gasteiger partial charge in [0.2, 0.25) is 0 Å². The van der Waals surface area contributed by atoms with Gasteiger partial charge in [0.1, 0.15) is 6.07 Å². The Hall–Kier alpha value is -1.14. The van der Waals surface area contributed by atoms with E-state index in [1.165, 1.54) is 6.42 Å². The fraction of sp³-hybridized carbons (Fsp3) is 0.750. The van der Waals surface area contributed by atoms with Crippen LogP contribution in [0, 0.1) is 23.2 Å². The molecule has 0 heterocycles. The second-order valence-electron chi connectivity index (χ2n) is 6.07. The van der Waals surface area contributed by atoms with Crippen LogP contribution in [0.4, 0.5) is 0 Å². The van der Waals surface area contributed by atoms with Crippen molar-refractivity contribution in [3.05, 3.63) is 11.6 Å². The van der Waals surface area contributed by atoms with E-state index in [0.717, 1.165) is 51.4 Å². The topological polar surface area (TPSA) is 66.9 Å². The Kier molecular flexibility index (Phi) is 5.15. The molecule has 0 radical (unpaired) electrons. The van der Waals surface area contributed by atoms with E-state index >= 15 is 0 Å². The summed E-state index contributed by atoms with van der Waals surface area (Å²) in [5, 5.41) is 9.25. The lowest BCUT2D eigenvalue weighted by atomic mass is 9.81. The lowest BCUT2D eigenvalue weighted by molar-refractivity contribution is -0.119. The van der Waals surface area contributed by atoms with Crippen LogP contribution in [0.2, 0.25) is 0 Å². The zero-order chi connectivity index (χ0) is 13.7. The molecular formula is C16H24N2O. The quantitative estimate of drug-likeness (QED) is 0.626. The molecule has 0 aromatic heterocycles. The molecule has 0 aliphatic heterocycles. The van der Waals surface area contributed by atoms with Gasteiger partial charge in [-0.05, 0) is 44.4 Å². The summed E-state index contributed by atoms with van der Waals surface area (Å²) in [6, 6.07) is 2.45. The van der Waals surface area contributed by atoms with Crippen LogP contribution >= 0.6 is 0 Å². The molecule has 104 valence electrons. The molecule has 0 unspecified atom stereocenters. The van der Waals surface area contributed by atoms with Gasteiger partial charge in [0.15, 0.2) is 5.78 Å². The maximum atomic E-state index is 12.4. The van der Waals surface area contributed by atoms with Crippen LogP contribution in [0.5, 0.6) is 0 Å². The van der Waals surface area contributed by atoms with Gasteiger partial charge in [-0.15, -0.1) is 0 Å². The minimum atomic E-state index is 0.0945. The zero-order valence-corrected chi connectivity index (χ0v) is 11.6. The molecule has 2 aliphatic carbocycles. The molecule has 0 bridgehead atoms. The van der Waals surface area contributed by atoms with E-state index in [-0.39, 0.29) is 11.7 Å². The van der Waals surface area contributed by atoms with Gasteiger partial charge in [0.25, 0.3) is 0 Å². The lowest BCUT2D eigenvalue weighted by Crippen LogP contribution is -2.26. The van der Waals surface area contributed by atoms with E-state index in [4.69, 9.17) is 5.73 Å². The maximum absolute atomic E-state index is 12.4. The maximum Gasteiger partial charge on any atom is 0.176 e. The third-order valence-electron chi connectivity index (χ3n) is 4.58. The second kappa shape index (κ2) is 6.86. The smallest absolute Gasteiger partial charge is 0.176 e. The summed E-state index contributed by atoms with van der Waals surface area (Å²) in [6.45, 7) is 0. The largest absolute Gasteiger partial charge is 0.328 e. The average molecular weight is 260 g/mol. The fourth-order valence-corrected chi connectivity index (χ4v) is 3.31. The Bertz CT molecular complexity index is 380. The first-order valence-corrected chi connectivity index (χ1v) is 7.62. The van der Waals surface area contributed by atoms with E-state index in [0.29, 0.717) is 17.5 Å². The molecule has 19 heavy (non-hydrogen) atoms. The number of nitrogens with zero attached hydrogens (tertiary/aromatic N) is 1. The number of Topliss-reactive ketones (excluding diaryl/α,β-unsaturated/α-hetero) is 1. The fourth-order valence-electron chi connectivity index (χ4n) is 3.31. The van der Waals surface area contributed by atoms with Gasteiger partial charge in [-0.3, -0.25) is 4.79 Å². The summed E-state index contributed by atoms with van der Waals surface area (Å²) in [4.78, 5) is 12.4. The first kappa shape index (κ1) is 14.3. The van der Waals surface area contributed by atoms with Crippen molar-refractivity contribution < 1.29 is 4.79 Å². The average Bonchev–Trinajstić information content (AvgIpc) is 2.47. The molecule has 2 N–H and O–H groups in total. The van der Waals surface area contributed by atoms with Gasteiger partial charge >= 0.3 is 0 Å². The Labute approximate surface area is 115 Å². The molecule has 2 saturated carbocycles. The van der Waals surface area contributed by atoms with E-state index in [1.807, 2.05) is 6.08 Å². The molecule has 3 nitrogen and oxygen atoms in total. The highest BCUT2D eigenvalue weighted by Gasteiger charge is 2.25. The number of nitrogens with two attached hydrogens (primary N) is 1. The highest BCUT2D eigenvalue weighted by Crippen LogP contribution is 2.29. The van der Waals surface area contributed by atoms with Gasteiger partial charge in [0.05, 0.1) is 5.57 Å². The molecule has 3 heteroatoms. The molecule has 2 aliphatic rings. The van der Waals surface area contributed by atoms with E-state index in [9.17, 15) is 10.1 Å². The predicted octanol–water partition coefficient (Wildman–Crippen LogP) is 3.10. The first-order valence-electron chi connectivity index (χ1n) is 7.62. The highest BCUT2D eigenvalue weighted by atomic mass is 16.1. The van der Waals surface area contributed by atoms with Crippen molar-refractivity contribution in [2.75, 3.05) is 0 Å². The third kappa shape index (κ3) is 3.91. The molecule has 0 atom stereocenters. The number of carbonyl (C=O) groups is 1. The van der Waals surface area contributed by atoms with Gasteiger partial charge in [-0.1, -0.05) is 25.3 Å². The standard InChI is InChI=1S/C16H24N2O/c17-11-14(10-12-6-8-15(18)9-7-12)16(19)13-4-2-1-3-5-13/h10,12-13,15H,1-9,18H2. The van der Waals surface area contributed by atoms with Gasteiger partial charge in [-0.2, -0.15) is 5.26 Å². The van der Waals surface area contributed by atoms with Crippen molar-refractivity contribution >= 4 is 5.78 Å². The second-order valence-corrected chi connectivity index (χ2v) is 6.07. The third-order valence-corrected chi connectivity index (χ3v) is 4.58. The zero-order valence-electron chi connectivity index (χ0n) is 11.6. The highest BCUT2D eigenvalue weighted by molar-refractivity contribution is 6.00. The van der Waals surface area contributed by atoms with Crippen molar-refractivity contribution in [3.8, 4) is 6.07 Å². The van der Waals surface area contributed by atoms with E-state index in [1.54, 1.807) is 0 Å². The number of nitriles is 1. The first-order chi connectivity index (χ1) is 9.20. The summed E-state index contributed by atoms with van der Waals surface area (Å²) in [6.07, 6.45) is 11.4. The van der Waals surface area contributed by atoms with Crippen LogP contribution in [0.3, 0.4) is 0 Å². The minimum absolute atomic E-state index is 0.0945. The Balaban J connectivity index is 1.98.